The van der Waals surface area contributed by atoms with Gasteiger partial charge in [-0.05, 0) is 31.2 Å². The zero-order valence-corrected chi connectivity index (χ0v) is 10.1. The molecule has 0 aromatic heterocycles. The van der Waals surface area contributed by atoms with Gasteiger partial charge in [-0.25, -0.2) is 4.39 Å². The van der Waals surface area contributed by atoms with Gasteiger partial charge in [-0.2, -0.15) is 0 Å². The predicted molar refractivity (Wildman–Crippen MR) is 62.4 cm³/mol. The summed E-state index contributed by atoms with van der Waals surface area (Å²) in [6.45, 7) is 0.732. The molecule has 0 spiro atoms. The van der Waals surface area contributed by atoms with E-state index in [0.29, 0.717) is 10.6 Å². The SMILES string of the molecule is CSc1ccc(OC2CCCCO2)cc1F. The van der Waals surface area contributed by atoms with E-state index in [1.54, 1.807) is 12.1 Å². The first-order valence-electron chi connectivity index (χ1n) is 5.41. The Morgan fingerprint density at radius 3 is 2.94 bits per heavy atom. The Hall–Kier alpha value is -0.740. The lowest BCUT2D eigenvalue weighted by Gasteiger charge is -2.23. The van der Waals surface area contributed by atoms with Crippen LogP contribution in [0, 0.1) is 5.82 Å². The van der Waals surface area contributed by atoms with Crippen molar-refractivity contribution in [1.82, 2.24) is 0 Å². The number of benzene rings is 1. The summed E-state index contributed by atoms with van der Waals surface area (Å²) in [4.78, 5) is 0.636. The van der Waals surface area contributed by atoms with Gasteiger partial charge in [0.15, 0.2) is 6.29 Å². The number of rotatable bonds is 3. The third-order valence-corrected chi connectivity index (χ3v) is 3.30. The van der Waals surface area contributed by atoms with Crippen molar-refractivity contribution in [3.05, 3.63) is 24.0 Å². The van der Waals surface area contributed by atoms with Crippen LogP contribution in [0.5, 0.6) is 5.75 Å². The summed E-state index contributed by atoms with van der Waals surface area (Å²) in [5.41, 5.74) is 0. The summed E-state index contributed by atoms with van der Waals surface area (Å²) in [6, 6.07) is 4.94. The topological polar surface area (TPSA) is 18.5 Å². The van der Waals surface area contributed by atoms with Gasteiger partial charge in [0.2, 0.25) is 0 Å². The highest BCUT2D eigenvalue weighted by Crippen LogP contribution is 2.25. The van der Waals surface area contributed by atoms with Crippen molar-refractivity contribution in [1.29, 1.82) is 0 Å². The predicted octanol–water partition coefficient (Wildman–Crippen LogP) is 3.45. The minimum Gasteiger partial charge on any atom is -0.465 e. The average Bonchev–Trinajstić information content (AvgIpc) is 2.31. The van der Waals surface area contributed by atoms with Gasteiger partial charge in [-0.3, -0.25) is 0 Å². The number of thioether (sulfide) groups is 1. The summed E-state index contributed by atoms with van der Waals surface area (Å²) in [5.74, 6) is 0.308. The third kappa shape index (κ3) is 2.89. The van der Waals surface area contributed by atoms with Gasteiger partial charge in [-0.15, -0.1) is 11.8 Å². The lowest BCUT2D eigenvalue weighted by molar-refractivity contribution is -0.106. The Kier molecular flexibility index (Phi) is 4.07. The van der Waals surface area contributed by atoms with Crippen molar-refractivity contribution >= 4 is 11.8 Å². The summed E-state index contributed by atoms with van der Waals surface area (Å²) in [7, 11) is 0. The van der Waals surface area contributed by atoms with Crippen LogP contribution in [0.25, 0.3) is 0 Å². The van der Waals surface area contributed by atoms with E-state index >= 15 is 0 Å². The molecule has 2 nitrogen and oxygen atoms in total. The van der Waals surface area contributed by atoms with Crippen LogP contribution in [0.2, 0.25) is 0 Å². The Balaban J connectivity index is 2.01. The lowest BCUT2D eigenvalue weighted by Crippen LogP contribution is -2.24. The molecule has 0 radical (unpaired) electrons. The highest BCUT2D eigenvalue weighted by atomic mass is 32.2. The lowest BCUT2D eigenvalue weighted by atomic mass is 10.2. The molecule has 1 saturated heterocycles. The molecule has 88 valence electrons. The largest absolute Gasteiger partial charge is 0.465 e. The van der Waals surface area contributed by atoms with Crippen molar-refractivity contribution in [3.63, 3.8) is 0 Å². The Morgan fingerprint density at radius 1 is 1.44 bits per heavy atom. The average molecular weight is 242 g/mol. The highest BCUT2D eigenvalue weighted by molar-refractivity contribution is 7.98. The third-order valence-electron chi connectivity index (χ3n) is 2.53. The van der Waals surface area contributed by atoms with Gasteiger partial charge in [0.25, 0.3) is 0 Å². The van der Waals surface area contributed by atoms with Crippen molar-refractivity contribution in [2.45, 2.75) is 30.4 Å². The molecule has 1 atom stereocenters. The van der Waals surface area contributed by atoms with Gasteiger partial charge in [-0.1, -0.05) is 0 Å². The molecule has 16 heavy (non-hydrogen) atoms. The highest BCUT2D eigenvalue weighted by Gasteiger charge is 2.15. The van der Waals surface area contributed by atoms with Gasteiger partial charge in [0.1, 0.15) is 11.6 Å². The van der Waals surface area contributed by atoms with Crippen LogP contribution < -0.4 is 4.74 Å². The minimum absolute atomic E-state index is 0.215. The Bertz CT molecular complexity index is 351. The molecule has 0 amide bonds. The fraction of sp³-hybridized carbons (Fsp3) is 0.500. The molecule has 0 aliphatic carbocycles. The number of ether oxygens (including phenoxy) is 2. The normalized spacial score (nSPS) is 20.8. The molecule has 0 N–H and O–H groups in total. The van der Waals surface area contributed by atoms with E-state index in [1.165, 1.54) is 17.8 Å². The fourth-order valence-corrected chi connectivity index (χ4v) is 2.13. The summed E-state index contributed by atoms with van der Waals surface area (Å²) in [5, 5.41) is 0. The maximum Gasteiger partial charge on any atom is 0.199 e. The van der Waals surface area contributed by atoms with E-state index in [2.05, 4.69) is 0 Å². The number of halogens is 1. The second kappa shape index (κ2) is 5.55. The van der Waals surface area contributed by atoms with Gasteiger partial charge >= 0.3 is 0 Å². The minimum atomic E-state index is -0.235. The molecule has 1 aliphatic rings. The van der Waals surface area contributed by atoms with E-state index in [9.17, 15) is 4.39 Å². The maximum atomic E-state index is 13.5. The van der Waals surface area contributed by atoms with Crippen LogP contribution in [0.15, 0.2) is 23.1 Å². The maximum absolute atomic E-state index is 13.5. The van der Waals surface area contributed by atoms with Crippen molar-refractivity contribution in [2.24, 2.45) is 0 Å². The molecular formula is C12H15FO2S. The first kappa shape index (κ1) is 11.7. The zero-order valence-electron chi connectivity index (χ0n) is 9.24. The molecule has 1 fully saturated rings. The van der Waals surface area contributed by atoms with Crippen molar-refractivity contribution in [3.8, 4) is 5.75 Å². The van der Waals surface area contributed by atoms with E-state index in [-0.39, 0.29) is 12.1 Å². The van der Waals surface area contributed by atoms with Gasteiger partial charge < -0.3 is 9.47 Å². The van der Waals surface area contributed by atoms with E-state index in [4.69, 9.17) is 9.47 Å². The van der Waals surface area contributed by atoms with E-state index in [0.717, 1.165) is 25.9 Å². The Morgan fingerprint density at radius 2 is 2.31 bits per heavy atom. The second-order valence-corrected chi connectivity index (χ2v) is 4.56. The molecule has 0 saturated carbocycles. The number of hydrogen-bond donors (Lipinski definition) is 0. The first-order chi connectivity index (χ1) is 7.79. The number of hydrogen-bond acceptors (Lipinski definition) is 3. The molecule has 1 aromatic rings. The van der Waals surface area contributed by atoms with Gasteiger partial charge in [0.05, 0.1) is 6.61 Å². The molecule has 1 aromatic carbocycles. The first-order valence-corrected chi connectivity index (χ1v) is 6.64. The van der Waals surface area contributed by atoms with Crippen LogP contribution in [-0.2, 0) is 4.74 Å². The molecule has 1 unspecified atom stereocenters. The summed E-state index contributed by atoms with van der Waals surface area (Å²) < 4.78 is 24.5. The molecule has 1 aliphatic heterocycles. The van der Waals surface area contributed by atoms with E-state index in [1.807, 2.05) is 6.26 Å². The van der Waals surface area contributed by atoms with Crippen LogP contribution in [0.3, 0.4) is 0 Å². The van der Waals surface area contributed by atoms with Crippen LogP contribution in [0.1, 0.15) is 19.3 Å². The molecular weight excluding hydrogens is 227 g/mol. The molecule has 2 rings (SSSR count). The van der Waals surface area contributed by atoms with Crippen molar-refractivity contribution < 1.29 is 13.9 Å². The standard InChI is InChI=1S/C12H15FO2S/c1-16-11-6-5-9(8-10(11)13)15-12-4-2-3-7-14-12/h5-6,8,12H,2-4,7H2,1H3. The second-order valence-electron chi connectivity index (χ2n) is 3.71. The van der Waals surface area contributed by atoms with Crippen LogP contribution in [-0.4, -0.2) is 19.2 Å². The van der Waals surface area contributed by atoms with Crippen molar-refractivity contribution in [2.75, 3.05) is 12.9 Å². The zero-order chi connectivity index (χ0) is 11.4. The van der Waals surface area contributed by atoms with Gasteiger partial charge in [0, 0.05) is 17.4 Å². The monoisotopic (exact) mass is 242 g/mol. The van der Waals surface area contributed by atoms with Crippen LogP contribution >= 0.6 is 11.8 Å². The van der Waals surface area contributed by atoms with E-state index < -0.39 is 0 Å². The molecule has 0 bridgehead atoms. The smallest absolute Gasteiger partial charge is 0.199 e. The van der Waals surface area contributed by atoms with Crippen LogP contribution in [0.4, 0.5) is 4.39 Å². The fourth-order valence-electron chi connectivity index (χ4n) is 1.68. The summed E-state index contributed by atoms with van der Waals surface area (Å²) >= 11 is 1.39. The Labute approximate surface area is 99.1 Å². The summed E-state index contributed by atoms with van der Waals surface area (Å²) in [6.07, 6.45) is 4.71. The molecule has 1 heterocycles. The quantitative estimate of drug-likeness (QED) is 0.756. The molecule has 4 heteroatoms.